The van der Waals surface area contributed by atoms with Crippen LogP contribution >= 0.6 is 11.6 Å². The van der Waals surface area contributed by atoms with Gasteiger partial charge in [0.25, 0.3) is 0 Å². The molecule has 2 fully saturated rings. The van der Waals surface area contributed by atoms with Gasteiger partial charge in [-0.3, -0.25) is 4.90 Å². The molecule has 140 valence electrons. The highest BCUT2D eigenvalue weighted by Crippen LogP contribution is 2.24. The number of hydrogen-bond acceptors (Lipinski definition) is 6. The number of nitrogens with zero attached hydrogens (tertiary/aromatic N) is 5. The van der Waals surface area contributed by atoms with Crippen molar-refractivity contribution in [1.29, 1.82) is 0 Å². The fourth-order valence-corrected chi connectivity index (χ4v) is 3.98. The molecule has 0 aromatic carbocycles. The number of hydrogen-bond donors (Lipinski definition) is 0. The predicted molar refractivity (Wildman–Crippen MR) is 102 cm³/mol. The zero-order chi connectivity index (χ0) is 17.6. The van der Waals surface area contributed by atoms with Crippen LogP contribution in [-0.4, -0.2) is 78.2 Å². The number of ether oxygens (including phenoxy) is 1. The van der Waals surface area contributed by atoms with Crippen LogP contribution in [0.4, 0.5) is 5.95 Å². The lowest BCUT2D eigenvalue weighted by Gasteiger charge is -2.37. The second-order valence-electron chi connectivity index (χ2n) is 6.80. The van der Waals surface area contributed by atoms with Crippen molar-refractivity contribution < 1.29 is 4.74 Å². The molecule has 6 nitrogen and oxygen atoms in total. The van der Waals surface area contributed by atoms with Crippen molar-refractivity contribution in [2.24, 2.45) is 0 Å². The molecule has 1 aromatic heterocycles. The highest BCUT2D eigenvalue weighted by Gasteiger charge is 2.26. The first-order chi connectivity index (χ1) is 12.2. The van der Waals surface area contributed by atoms with Crippen LogP contribution in [0, 0.1) is 0 Å². The molecule has 0 atom stereocenters. The molecule has 0 radical (unpaired) electrons. The molecule has 0 spiro atoms. The molecule has 0 amide bonds. The summed E-state index contributed by atoms with van der Waals surface area (Å²) in [5.74, 6) is 1.22. The molecular weight excluding hydrogens is 338 g/mol. The maximum Gasteiger partial charge on any atom is 0.237 e. The summed E-state index contributed by atoms with van der Waals surface area (Å²) in [5.41, 5.74) is 0. The maximum absolute atomic E-state index is 6.11. The van der Waals surface area contributed by atoms with Crippen molar-refractivity contribution >= 4 is 17.5 Å². The first-order valence-corrected chi connectivity index (χ1v) is 9.95. The Morgan fingerprint density at radius 3 is 2.64 bits per heavy atom. The molecule has 2 aliphatic rings. The average molecular weight is 368 g/mol. The maximum atomic E-state index is 6.11. The lowest BCUT2D eigenvalue weighted by molar-refractivity contribution is 0.117. The van der Waals surface area contributed by atoms with E-state index in [0.29, 0.717) is 17.5 Å². The smallest absolute Gasteiger partial charge is 0.237 e. The van der Waals surface area contributed by atoms with Crippen LogP contribution < -0.4 is 9.64 Å². The van der Waals surface area contributed by atoms with E-state index in [1.165, 1.54) is 39.0 Å². The Bertz CT molecular complexity index is 550. The summed E-state index contributed by atoms with van der Waals surface area (Å²) in [6.45, 7) is 12.6. The minimum atomic E-state index is 0.477. The zero-order valence-electron chi connectivity index (χ0n) is 15.5. The van der Waals surface area contributed by atoms with Gasteiger partial charge < -0.3 is 14.5 Å². The Balaban J connectivity index is 1.59. The van der Waals surface area contributed by atoms with Gasteiger partial charge in [-0.2, -0.15) is 4.98 Å². The van der Waals surface area contributed by atoms with Crippen molar-refractivity contribution in [3.05, 3.63) is 11.2 Å². The Morgan fingerprint density at radius 1 is 1.12 bits per heavy atom. The van der Waals surface area contributed by atoms with Gasteiger partial charge in [-0.15, -0.1) is 0 Å². The second-order valence-corrected chi connectivity index (χ2v) is 7.21. The van der Waals surface area contributed by atoms with E-state index in [1.54, 1.807) is 6.20 Å². The van der Waals surface area contributed by atoms with Gasteiger partial charge in [-0.1, -0.05) is 18.5 Å². The molecule has 0 bridgehead atoms. The first-order valence-electron chi connectivity index (χ1n) is 9.58. The third-order valence-corrected chi connectivity index (χ3v) is 5.57. The van der Waals surface area contributed by atoms with Crippen molar-refractivity contribution in [3.8, 4) is 5.88 Å². The first kappa shape index (κ1) is 18.7. The van der Waals surface area contributed by atoms with E-state index in [2.05, 4.69) is 31.6 Å². The summed E-state index contributed by atoms with van der Waals surface area (Å²) in [6, 6.07) is 0.730. The van der Waals surface area contributed by atoms with E-state index < -0.39 is 0 Å². The fraction of sp³-hybridized carbons (Fsp3) is 0.778. The average Bonchev–Trinajstić information content (AvgIpc) is 2.90. The van der Waals surface area contributed by atoms with Crippen molar-refractivity contribution in [2.75, 3.05) is 57.3 Å². The lowest BCUT2D eigenvalue weighted by atomic mass is 10.0. The summed E-state index contributed by atoms with van der Waals surface area (Å²) < 4.78 is 5.51. The van der Waals surface area contributed by atoms with E-state index in [-0.39, 0.29) is 0 Å². The Hall–Kier alpha value is -1.11. The second kappa shape index (κ2) is 9.01. The molecule has 0 saturated carbocycles. The topological polar surface area (TPSA) is 44.7 Å². The SMILES string of the molecule is CCOc1nc(N2CCCN(C3CCN(CC)CC3)CC2)ncc1Cl. The largest absolute Gasteiger partial charge is 0.477 e. The molecule has 2 saturated heterocycles. The van der Waals surface area contributed by atoms with Gasteiger partial charge in [-0.25, -0.2) is 4.98 Å². The van der Waals surface area contributed by atoms with Crippen molar-refractivity contribution in [3.63, 3.8) is 0 Å². The number of piperidine rings is 1. The summed E-state index contributed by atoms with van der Waals surface area (Å²) >= 11 is 6.11. The number of rotatable bonds is 5. The third kappa shape index (κ3) is 4.74. The van der Waals surface area contributed by atoms with Gasteiger partial charge in [-0.05, 0) is 45.8 Å². The minimum absolute atomic E-state index is 0.477. The number of halogens is 1. The standard InChI is InChI=1S/C18H30ClN5O/c1-3-22-10-6-15(7-11-22)23-8-5-9-24(13-12-23)18-20-14-16(19)17(21-18)25-4-2/h14-15H,3-13H2,1-2H3. The highest BCUT2D eigenvalue weighted by atomic mass is 35.5. The van der Waals surface area contributed by atoms with Gasteiger partial charge in [0.05, 0.1) is 12.8 Å². The molecule has 7 heteroatoms. The van der Waals surface area contributed by atoms with Crippen molar-refractivity contribution in [2.45, 2.75) is 39.2 Å². The molecule has 3 heterocycles. The Morgan fingerprint density at radius 2 is 1.92 bits per heavy atom. The van der Waals surface area contributed by atoms with E-state index in [4.69, 9.17) is 16.3 Å². The van der Waals surface area contributed by atoms with E-state index in [9.17, 15) is 0 Å². The molecule has 2 aliphatic heterocycles. The van der Waals surface area contributed by atoms with Crippen LogP contribution in [0.25, 0.3) is 0 Å². The fourth-order valence-electron chi connectivity index (χ4n) is 3.84. The zero-order valence-corrected chi connectivity index (χ0v) is 16.2. The lowest BCUT2D eigenvalue weighted by Crippen LogP contribution is -2.46. The summed E-state index contributed by atoms with van der Waals surface area (Å²) in [6.07, 6.45) is 5.38. The van der Waals surface area contributed by atoms with Gasteiger partial charge in [0.15, 0.2) is 0 Å². The van der Waals surface area contributed by atoms with Gasteiger partial charge in [0.1, 0.15) is 5.02 Å². The predicted octanol–water partition coefficient (Wildman–Crippen LogP) is 2.53. The van der Waals surface area contributed by atoms with Crippen LogP contribution in [-0.2, 0) is 0 Å². The van der Waals surface area contributed by atoms with E-state index in [0.717, 1.165) is 38.0 Å². The van der Waals surface area contributed by atoms with Crippen LogP contribution in [0.3, 0.4) is 0 Å². The van der Waals surface area contributed by atoms with E-state index in [1.807, 2.05) is 6.92 Å². The molecule has 0 N–H and O–H groups in total. The van der Waals surface area contributed by atoms with Gasteiger partial charge in [0, 0.05) is 32.2 Å². The molecular formula is C18H30ClN5O. The Kier molecular flexibility index (Phi) is 6.73. The van der Waals surface area contributed by atoms with Crippen LogP contribution in [0.1, 0.15) is 33.1 Å². The van der Waals surface area contributed by atoms with Crippen molar-refractivity contribution in [1.82, 2.24) is 19.8 Å². The highest BCUT2D eigenvalue weighted by molar-refractivity contribution is 6.31. The Labute approximate surface area is 156 Å². The summed E-state index contributed by atoms with van der Waals surface area (Å²) in [7, 11) is 0. The number of anilines is 1. The van der Waals surface area contributed by atoms with Gasteiger partial charge in [0.2, 0.25) is 11.8 Å². The molecule has 0 unspecified atom stereocenters. The molecule has 3 rings (SSSR count). The minimum Gasteiger partial charge on any atom is -0.477 e. The van der Waals surface area contributed by atoms with Crippen LogP contribution in [0.15, 0.2) is 6.20 Å². The molecule has 1 aromatic rings. The van der Waals surface area contributed by atoms with Crippen LogP contribution in [0.5, 0.6) is 5.88 Å². The quantitative estimate of drug-likeness (QED) is 0.796. The number of likely N-dealkylation sites (tertiary alicyclic amines) is 1. The number of aromatic nitrogens is 2. The van der Waals surface area contributed by atoms with Crippen LogP contribution in [0.2, 0.25) is 5.02 Å². The third-order valence-electron chi connectivity index (χ3n) is 5.31. The van der Waals surface area contributed by atoms with E-state index >= 15 is 0 Å². The normalized spacial score (nSPS) is 21.3. The summed E-state index contributed by atoms with van der Waals surface area (Å²) in [4.78, 5) is 16.4. The molecule has 25 heavy (non-hydrogen) atoms. The monoisotopic (exact) mass is 367 g/mol. The molecule has 0 aliphatic carbocycles. The van der Waals surface area contributed by atoms with Gasteiger partial charge >= 0.3 is 0 Å². The summed E-state index contributed by atoms with van der Waals surface area (Å²) in [5, 5.41) is 0.477.